The SMILES string of the molecule is C=CC(=O)Nc1ccc(F)c(NC(=O)[C@@H]2CNC(=O)C2)c1. The molecule has 0 aromatic heterocycles. The number of hydrogen-bond donors (Lipinski definition) is 3. The van der Waals surface area contributed by atoms with E-state index in [0.29, 0.717) is 5.69 Å². The number of benzene rings is 1. The maximum Gasteiger partial charge on any atom is 0.247 e. The van der Waals surface area contributed by atoms with E-state index >= 15 is 0 Å². The van der Waals surface area contributed by atoms with Crippen molar-refractivity contribution in [2.75, 3.05) is 17.2 Å². The molecule has 0 spiro atoms. The molecular weight excluding hydrogens is 277 g/mol. The number of rotatable bonds is 4. The second kappa shape index (κ2) is 6.17. The van der Waals surface area contributed by atoms with Crippen LogP contribution in [-0.4, -0.2) is 24.3 Å². The Labute approximate surface area is 120 Å². The van der Waals surface area contributed by atoms with E-state index in [9.17, 15) is 18.8 Å². The number of halogens is 1. The number of anilines is 2. The van der Waals surface area contributed by atoms with Crippen molar-refractivity contribution in [3.8, 4) is 0 Å². The molecule has 1 aromatic carbocycles. The van der Waals surface area contributed by atoms with Gasteiger partial charge in [-0.15, -0.1) is 0 Å². The molecule has 3 amide bonds. The summed E-state index contributed by atoms with van der Waals surface area (Å²) in [5, 5.41) is 7.42. The second-order valence-corrected chi connectivity index (χ2v) is 4.58. The van der Waals surface area contributed by atoms with Gasteiger partial charge in [-0.3, -0.25) is 14.4 Å². The molecule has 6 nitrogen and oxygen atoms in total. The largest absolute Gasteiger partial charge is 0.355 e. The van der Waals surface area contributed by atoms with Crippen molar-refractivity contribution >= 4 is 29.1 Å². The lowest BCUT2D eigenvalue weighted by Gasteiger charge is -2.11. The van der Waals surface area contributed by atoms with E-state index in [-0.39, 0.29) is 24.6 Å². The van der Waals surface area contributed by atoms with Gasteiger partial charge in [0.05, 0.1) is 11.6 Å². The second-order valence-electron chi connectivity index (χ2n) is 4.58. The van der Waals surface area contributed by atoms with E-state index in [2.05, 4.69) is 22.5 Å². The minimum absolute atomic E-state index is 0.0544. The summed E-state index contributed by atoms with van der Waals surface area (Å²) in [6.45, 7) is 3.55. The third kappa shape index (κ3) is 3.65. The monoisotopic (exact) mass is 291 g/mol. The lowest BCUT2D eigenvalue weighted by molar-refractivity contribution is -0.123. The van der Waals surface area contributed by atoms with Gasteiger partial charge >= 0.3 is 0 Å². The molecule has 1 heterocycles. The van der Waals surface area contributed by atoms with Crippen LogP contribution in [0.4, 0.5) is 15.8 Å². The van der Waals surface area contributed by atoms with Crippen molar-refractivity contribution in [3.05, 3.63) is 36.7 Å². The molecule has 1 saturated heterocycles. The maximum atomic E-state index is 13.7. The van der Waals surface area contributed by atoms with Crippen molar-refractivity contribution in [1.29, 1.82) is 0 Å². The topological polar surface area (TPSA) is 87.3 Å². The number of hydrogen-bond acceptors (Lipinski definition) is 3. The van der Waals surface area contributed by atoms with Crippen LogP contribution in [0.5, 0.6) is 0 Å². The van der Waals surface area contributed by atoms with Gasteiger partial charge in [-0.25, -0.2) is 4.39 Å². The van der Waals surface area contributed by atoms with Crippen molar-refractivity contribution in [2.45, 2.75) is 6.42 Å². The van der Waals surface area contributed by atoms with Gasteiger partial charge in [0.2, 0.25) is 17.7 Å². The average molecular weight is 291 g/mol. The molecule has 2 rings (SSSR count). The first-order valence-electron chi connectivity index (χ1n) is 6.30. The van der Waals surface area contributed by atoms with Crippen molar-refractivity contribution in [2.24, 2.45) is 5.92 Å². The fourth-order valence-corrected chi connectivity index (χ4v) is 1.92. The molecule has 0 aliphatic carbocycles. The van der Waals surface area contributed by atoms with Crippen LogP contribution in [0.25, 0.3) is 0 Å². The Balaban J connectivity index is 2.09. The highest BCUT2D eigenvalue weighted by Crippen LogP contribution is 2.21. The van der Waals surface area contributed by atoms with Gasteiger partial charge in [0.15, 0.2) is 0 Å². The van der Waals surface area contributed by atoms with Crippen LogP contribution in [0.2, 0.25) is 0 Å². The van der Waals surface area contributed by atoms with Gasteiger partial charge in [-0.2, -0.15) is 0 Å². The maximum absolute atomic E-state index is 13.7. The number of carbonyl (C=O) groups excluding carboxylic acids is 3. The van der Waals surface area contributed by atoms with Crippen LogP contribution >= 0.6 is 0 Å². The first kappa shape index (κ1) is 14.7. The highest BCUT2D eigenvalue weighted by Gasteiger charge is 2.28. The Morgan fingerprint density at radius 2 is 2.14 bits per heavy atom. The molecule has 21 heavy (non-hydrogen) atoms. The quantitative estimate of drug-likeness (QED) is 0.724. The third-order valence-electron chi connectivity index (χ3n) is 3.03. The normalized spacial score (nSPS) is 17.0. The van der Waals surface area contributed by atoms with Gasteiger partial charge < -0.3 is 16.0 Å². The van der Waals surface area contributed by atoms with Crippen molar-refractivity contribution in [3.63, 3.8) is 0 Å². The predicted octanol–water partition coefficient (Wildman–Crippen LogP) is 1.02. The number of amides is 3. The fraction of sp³-hybridized carbons (Fsp3) is 0.214. The number of nitrogens with one attached hydrogen (secondary N) is 3. The lowest BCUT2D eigenvalue weighted by atomic mass is 10.1. The van der Waals surface area contributed by atoms with Crippen LogP contribution in [-0.2, 0) is 14.4 Å². The van der Waals surface area contributed by atoms with Gasteiger partial charge in [0.1, 0.15) is 5.82 Å². The molecule has 0 radical (unpaired) electrons. The standard InChI is InChI=1S/C14H14FN3O3/c1-2-12(19)17-9-3-4-10(15)11(6-9)18-14(21)8-5-13(20)16-7-8/h2-4,6,8H,1,5,7H2,(H,16,20)(H,17,19)(H,18,21)/t8-/m0/s1. The van der Waals surface area contributed by atoms with E-state index < -0.39 is 23.5 Å². The third-order valence-corrected chi connectivity index (χ3v) is 3.03. The Morgan fingerprint density at radius 1 is 1.38 bits per heavy atom. The Kier molecular flexibility index (Phi) is 4.32. The van der Waals surface area contributed by atoms with Gasteiger partial charge in [-0.05, 0) is 24.3 Å². The molecule has 1 aliphatic rings. The zero-order valence-corrected chi connectivity index (χ0v) is 11.1. The molecule has 0 saturated carbocycles. The van der Waals surface area contributed by atoms with Crippen LogP contribution in [0, 0.1) is 11.7 Å². The molecule has 0 unspecified atom stereocenters. The summed E-state index contributed by atoms with van der Waals surface area (Å²) in [7, 11) is 0. The summed E-state index contributed by atoms with van der Waals surface area (Å²) >= 11 is 0. The Bertz CT molecular complexity index is 615. The first-order chi connectivity index (χ1) is 9.99. The molecule has 1 atom stereocenters. The zero-order valence-electron chi connectivity index (χ0n) is 11.1. The van der Waals surface area contributed by atoms with E-state index in [1.54, 1.807) is 0 Å². The van der Waals surface area contributed by atoms with Crippen LogP contribution in [0.1, 0.15) is 6.42 Å². The summed E-state index contributed by atoms with van der Waals surface area (Å²) in [5.41, 5.74) is 0.276. The van der Waals surface area contributed by atoms with Crippen LogP contribution in [0.3, 0.4) is 0 Å². The summed E-state index contributed by atoms with van der Waals surface area (Å²) in [6.07, 6.45) is 1.16. The van der Waals surface area contributed by atoms with E-state index in [1.807, 2.05) is 0 Å². The van der Waals surface area contributed by atoms with E-state index in [0.717, 1.165) is 12.1 Å². The minimum Gasteiger partial charge on any atom is -0.355 e. The summed E-state index contributed by atoms with van der Waals surface area (Å²) in [6, 6.07) is 3.80. The molecular formula is C14H14FN3O3. The molecule has 3 N–H and O–H groups in total. The van der Waals surface area contributed by atoms with Gasteiger partial charge in [0, 0.05) is 18.7 Å². The Morgan fingerprint density at radius 3 is 2.76 bits per heavy atom. The highest BCUT2D eigenvalue weighted by molar-refractivity contribution is 6.00. The lowest BCUT2D eigenvalue weighted by Crippen LogP contribution is -2.25. The van der Waals surface area contributed by atoms with Crippen molar-refractivity contribution in [1.82, 2.24) is 5.32 Å². The fourth-order valence-electron chi connectivity index (χ4n) is 1.92. The van der Waals surface area contributed by atoms with E-state index in [1.165, 1.54) is 12.1 Å². The van der Waals surface area contributed by atoms with Crippen molar-refractivity contribution < 1.29 is 18.8 Å². The molecule has 110 valence electrons. The van der Waals surface area contributed by atoms with Gasteiger partial charge in [0.25, 0.3) is 0 Å². The summed E-state index contributed by atoms with van der Waals surface area (Å²) in [5.74, 6) is -2.24. The summed E-state index contributed by atoms with van der Waals surface area (Å²) in [4.78, 5) is 34.2. The minimum atomic E-state index is -0.628. The molecule has 1 aromatic rings. The highest BCUT2D eigenvalue weighted by atomic mass is 19.1. The molecule has 0 bridgehead atoms. The van der Waals surface area contributed by atoms with Gasteiger partial charge in [-0.1, -0.05) is 6.58 Å². The predicted molar refractivity (Wildman–Crippen MR) is 75.0 cm³/mol. The first-order valence-corrected chi connectivity index (χ1v) is 6.30. The smallest absolute Gasteiger partial charge is 0.247 e. The Hall–Kier alpha value is -2.70. The molecule has 1 aliphatic heterocycles. The average Bonchev–Trinajstić information content (AvgIpc) is 2.89. The molecule has 7 heteroatoms. The molecule has 1 fully saturated rings. The van der Waals surface area contributed by atoms with E-state index in [4.69, 9.17) is 0 Å². The van der Waals surface area contributed by atoms with Crippen LogP contribution < -0.4 is 16.0 Å². The number of carbonyl (C=O) groups is 3. The zero-order chi connectivity index (χ0) is 15.4. The summed E-state index contributed by atoms with van der Waals surface area (Å²) < 4.78 is 13.7. The van der Waals surface area contributed by atoms with Crippen LogP contribution in [0.15, 0.2) is 30.9 Å².